The van der Waals surface area contributed by atoms with Crippen LogP contribution in [-0.4, -0.2) is 48.6 Å². The average molecular weight is 406 g/mol. The van der Waals surface area contributed by atoms with E-state index in [4.69, 9.17) is 10.5 Å². The molecule has 2 aliphatic heterocycles. The van der Waals surface area contributed by atoms with Gasteiger partial charge in [0.2, 0.25) is 0 Å². The molecule has 2 aromatic rings. The summed E-state index contributed by atoms with van der Waals surface area (Å²) < 4.78 is 5.90. The van der Waals surface area contributed by atoms with Crippen LogP contribution in [-0.2, 0) is 15.1 Å². The summed E-state index contributed by atoms with van der Waals surface area (Å²) in [4.78, 5) is 17.3. The highest BCUT2D eigenvalue weighted by Crippen LogP contribution is 2.39. The molecule has 0 radical (unpaired) electrons. The third-order valence-electron chi connectivity index (χ3n) is 5.85. The molecule has 2 aliphatic rings. The topological polar surface area (TPSA) is 106 Å². The maximum Gasteiger partial charge on any atom is 0.151 e. The second-order valence-corrected chi connectivity index (χ2v) is 7.98. The molecule has 2 atom stereocenters. The van der Waals surface area contributed by atoms with E-state index in [1.165, 1.54) is 0 Å². The van der Waals surface area contributed by atoms with E-state index in [0.717, 1.165) is 35.1 Å². The van der Waals surface area contributed by atoms with Crippen molar-refractivity contribution >= 4 is 18.3 Å². The molecule has 1 aromatic heterocycles. The van der Waals surface area contributed by atoms with Crippen LogP contribution in [0.15, 0.2) is 52.0 Å². The molecule has 1 aromatic carbocycles. The first-order chi connectivity index (χ1) is 14.5. The number of hydrogen-bond donors (Lipinski definition) is 1. The Morgan fingerprint density at radius 3 is 2.77 bits per heavy atom. The zero-order valence-electron chi connectivity index (χ0n) is 17.2. The van der Waals surface area contributed by atoms with Gasteiger partial charge in [-0.1, -0.05) is 38.1 Å². The lowest BCUT2D eigenvalue weighted by molar-refractivity contribution is -0.111. The van der Waals surface area contributed by atoms with Gasteiger partial charge in [0.05, 0.1) is 25.5 Å². The quantitative estimate of drug-likeness (QED) is 0.742. The fourth-order valence-corrected chi connectivity index (χ4v) is 3.96. The molecule has 1 saturated heterocycles. The van der Waals surface area contributed by atoms with Crippen molar-refractivity contribution in [3.8, 4) is 11.1 Å². The van der Waals surface area contributed by atoms with E-state index in [-0.39, 0.29) is 12.0 Å². The van der Waals surface area contributed by atoms with Gasteiger partial charge < -0.3 is 15.3 Å². The first-order valence-electron chi connectivity index (χ1n) is 10.1. The molecular weight excluding hydrogens is 380 g/mol. The number of aldehydes is 1. The Morgan fingerprint density at radius 2 is 2.10 bits per heavy atom. The number of carbonyl (C=O) groups is 1. The number of nitrogens with two attached hydrogens (primary N) is 1. The Balaban J connectivity index is 1.60. The molecule has 0 bridgehead atoms. The lowest BCUT2D eigenvalue weighted by Crippen LogP contribution is -2.39. The van der Waals surface area contributed by atoms with Crippen LogP contribution in [0.2, 0.25) is 0 Å². The Kier molecular flexibility index (Phi) is 5.69. The van der Waals surface area contributed by atoms with E-state index >= 15 is 0 Å². The third kappa shape index (κ3) is 3.76. The van der Waals surface area contributed by atoms with Gasteiger partial charge in [-0.15, -0.1) is 5.10 Å². The Hall–Kier alpha value is -2.97. The number of ether oxygens (including phenoxy) is 1. The van der Waals surface area contributed by atoms with Crippen LogP contribution >= 0.6 is 0 Å². The van der Waals surface area contributed by atoms with E-state index < -0.39 is 5.54 Å². The first kappa shape index (κ1) is 20.3. The van der Waals surface area contributed by atoms with Crippen LogP contribution in [0.25, 0.3) is 11.1 Å². The number of anilines is 1. The molecule has 4 rings (SSSR count). The van der Waals surface area contributed by atoms with Crippen LogP contribution in [0.3, 0.4) is 0 Å². The minimum absolute atomic E-state index is 0.0350. The van der Waals surface area contributed by atoms with Crippen LogP contribution < -0.4 is 5.73 Å². The van der Waals surface area contributed by atoms with Crippen LogP contribution in [0.4, 0.5) is 5.82 Å². The van der Waals surface area contributed by atoms with Crippen molar-refractivity contribution in [2.75, 3.05) is 32.0 Å². The average Bonchev–Trinajstić information content (AvgIpc) is 3.26. The monoisotopic (exact) mass is 406 g/mol. The highest BCUT2D eigenvalue weighted by molar-refractivity contribution is 5.79. The molecule has 0 spiro atoms. The summed E-state index contributed by atoms with van der Waals surface area (Å²) in [6.45, 7) is 6.69. The number of benzene rings is 1. The van der Waals surface area contributed by atoms with E-state index in [1.807, 2.05) is 6.07 Å². The number of nitrogens with zero attached hydrogens (tertiary/aromatic N) is 5. The molecule has 156 valence electrons. The maximum atomic E-state index is 10.8. The largest absolute Gasteiger partial charge is 0.383 e. The van der Waals surface area contributed by atoms with Gasteiger partial charge in [-0.05, 0) is 28.3 Å². The summed E-state index contributed by atoms with van der Waals surface area (Å²) in [5, 5.41) is 12.2. The molecule has 8 nitrogen and oxygen atoms in total. The number of nitrogen functional groups attached to an aromatic ring is 1. The Labute approximate surface area is 175 Å². The maximum absolute atomic E-state index is 10.8. The molecule has 3 heterocycles. The number of morpholine rings is 1. The molecule has 8 heteroatoms. The fourth-order valence-electron chi connectivity index (χ4n) is 3.96. The molecule has 1 fully saturated rings. The first-order valence-corrected chi connectivity index (χ1v) is 10.1. The van der Waals surface area contributed by atoms with Crippen molar-refractivity contribution in [1.29, 1.82) is 0 Å². The second kappa shape index (κ2) is 8.41. The van der Waals surface area contributed by atoms with E-state index in [0.29, 0.717) is 25.5 Å². The standard InChI is InChI=1S/C22H26N6O2/c1-15(2)22(14-25-27-26-22)19-11-18(12-24-21(19)23)16-3-5-17(6-4-16)20-13-28(7-9-29)8-10-30-20/h3-6,9,11-12,14-15,20H,7-8,10,13H2,1-2H3,(H2,23,24). The van der Waals surface area contributed by atoms with E-state index in [1.54, 1.807) is 12.4 Å². The Bertz CT molecular complexity index is 958. The molecule has 0 saturated carbocycles. The number of carbonyl (C=O) groups excluding carboxylic acids is 1. The van der Waals surface area contributed by atoms with Gasteiger partial charge in [-0.25, -0.2) is 4.98 Å². The summed E-state index contributed by atoms with van der Waals surface area (Å²) in [7, 11) is 0. The van der Waals surface area contributed by atoms with Crippen molar-refractivity contribution in [2.45, 2.75) is 25.5 Å². The van der Waals surface area contributed by atoms with Crippen molar-refractivity contribution < 1.29 is 9.53 Å². The van der Waals surface area contributed by atoms with Crippen molar-refractivity contribution in [2.24, 2.45) is 21.4 Å². The van der Waals surface area contributed by atoms with Gasteiger partial charge in [0.15, 0.2) is 5.54 Å². The third-order valence-corrected chi connectivity index (χ3v) is 5.85. The van der Waals surface area contributed by atoms with Crippen LogP contribution in [0, 0.1) is 5.92 Å². The van der Waals surface area contributed by atoms with Gasteiger partial charge in [0.1, 0.15) is 12.1 Å². The fraction of sp³-hybridized carbons (Fsp3) is 0.409. The van der Waals surface area contributed by atoms with Gasteiger partial charge in [-0.3, -0.25) is 4.90 Å². The van der Waals surface area contributed by atoms with Crippen molar-refractivity contribution in [3.63, 3.8) is 0 Å². The smallest absolute Gasteiger partial charge is 0.151 e. The van der Waals surface area contributed by atoms with Gasteiger partial charge >= 0.3 is 0 Å². The predicted octanol–water partition coefficient (Wildman–Crippen LogP) is 3.21. The molecular formula is C22H26N6O2. The number of pyridine rings is 1. The van der Waals surface area contributed by atoms with Crippen LogP contribution in [0.1, 0.15) is 31.1 Å². The molecule has 2 unspecified atom stereocenters. The highest BCUT2D eigenvalue weighted by atomic mass is 16.5. The summed E-state index contributed by atoms with van der Waals surface area (Å²) in [5.74, 6) is 0.564. The number of rotatable bonds is 6. The molecule has 0 amide bonds. The minimum atomic E-state index is -0.689. The van der Waals surface area contributed by atoms with Crippen LogP contribution in [0.5, 0.6) is 0 Å². The van der Waals surface area contributed by atoms with E-state index in [2.05, 4.69) is 63.4 Å². The lowest BCUT2D eigenvalue weighted by atomic mass is 9.81. The highest BCUT2D eigenvalue weighted by Gasteiger charge is 2.39. The normalized spacial score (nSPS) is 23.9. The van der Waals surface area contributed by atoms with Crippen molar-refractivity contribution in [1.82, 2.24) is 9.88 Å². The summed E-state index contributed by atoms with van der Waals surface area (Å²) in [5.41, 5.74) is 9.40. The summed E-state index contributed by atoms with van der Waals surface area (Å²) in [6, 6.07) is 10.3. The summed E-state index contributed by atoms with van der Waals surface area (Å²) >= 11 is 0. The molecule has 30 heavy (non-hydrogen) atoms. The number of aromatic nitrogens is 1. The van der Waals surface area contributed by atoms with E-state index in [9.17, 15) is 4.79 Å². The lowest BCUT2D eigenvalue weighted by Gasteiger charge is -2.32. The van der Waals surface area contributed by atoms with Gasteiger partial charge in [-0.2, -0.15) is 5.11 Å². The SMILES string of the molecule is CC(C)C1(c2cc(-c3ccc(C4CN(CC=O)CCO4)cc3)cnc2N)C=NN=N1. The minimum Gasteiger partial charge on any atom is -0.383 e. The molecule has 0 aliphatic carbocycles. The predicted molar refractivity (Wildman–Crippen MR) is 115 cm³/mol. The van der Waals surface area contributed by atoms with Gasteiger partial charge in [0.25, 0.3) is 0 Å². The second-order valence-electron chi connectivity index (χ2n) is 7.98. The zero-order valence-corrected chi connectivity index (χ0v) is 17.2. The number of hydrogen-bond acceptors (Lipinski definition) is 8. The molecule has 2 N–H and O–H groups in total. The van der Waals surface area contributed by atoms with Gasteiger partial charge in [0, 0.05) is 30.4 Å². The van der Waals surface area contributed by atoms with Crippen molar-refractivity contribution in [3.05, 3.63) is 47.7 Å². The Morgan fingerprint density at radius 1 is 1.30 bits per heavy atom. The zero-order chi connectivity index (χ0) is 21.1. The summed E-state index contributed by atoms with van der Waals surface area (Å²) in [6.07, 6.45) is 4.42.